The molecule has 1 aromatic heterocycles. The average Bonchev–Trinajstić information content (AvgIpc) is 2.87. The fraction of sp³-hybridized carbons (Fsp3) is 0.692. The summed E-state index contributed by atoms with van der Waals surface area (Å²) >= 11 is 0. The van der Waals surface area contributed by atoms with Crippen LogP contribution >= 0.6 is 0 Å². The van der Waals surface area contributed by atoms with Gasteiger partial charge in [-0.15, -0.1) is 0 Å². The van der Waals surface area contributed by atoms with E-state index in [4.69, 9.17) is 5.73 Å². The van der Waals surface area contributed by atoms with Gasteiger partial charge in [-0.1, -0.05) is 19.3 Å². The second-order valence-corrected chi connectivity index (χ2v) is 4.97. The van der Waals surface area contributed by atoms with Gasteiger partial charge in [0, 0.05) is 18.4 Å². The Morgan fingerprint density at radius 3 is 2.94 bits per heavy atom. The van der Waals surface area contributed by atoms with Gasteiger partial charge in [0.2, 0.25) is 5.91 Å². The lowest BCUT2D eigenvalue weighted by molar-refractivity contribution is -0.124. The molecule has 1 atom stereocenters. The van der Waals surface area contributed by atoms with E-state index in [-0.39, 0.29) is 11.9 Å². The summed E-state index contributed by atoms with van der Waals surface area (Å²) in [6.45, 7) is 2.24. The number of imidazole rings is 1. The van der Waals surface area contributed by atoms with E-state index in [2.05, 4.69) is 10.3 Å². The van der Waals surface area contributed by atoms with Crippen LogP contribution in [0.15, 0.2) is 12.4 Å². The van der Waals surface area contributed by atoms with Crippen LogP contribution in [0, 0.1) is 0 Å². The van der Waals surface area contributed by atoms with Crippen molar-refractivity contribution in [3.05, 3.63) is 18.2 Å². The van der Waals surface area contributed by atoms with Crippen molar-refractivity contribution in [3.8, 4) is 0 Å². The van der Waals surface area contributed by atoms with Gasteiger partial charge in [-0.05, 0) is 19.8 Å². The minimum Gasteiger partial charge on any atom is -0.352 e. The van der Waals surface area contributed by atoms with E-state index in [1.165, 1.54) is 19.3 Å². The van der Waals surface area contributed by atoms with Crippen molar-refractivity contribution in [2.45, 2.75) is 57.7 Å². The van der Waals surface area contributed by atoms with E-state index in [9.17, 15) is 4.79 Å². The number of nitrogens with two attached hydrogens (primary N) is 1. The van der Waals surface area contributed by atoms with Gasteiger partial charge in [-0.25, -0.2) is 4.98 Å². The highest BCUT2D eigenvalue weighted by atomic mass is 16.2. The summed E-state index contributed by atoms with van der Waals surface area (Å²) in [7, 11) is 0. The van der Waals surface area contributed by atoms with Gasteiger partial charge in [-0.2, -0.15) is 0 Å². The average molecular weight is 250 g/mol. The zero-order valence-electron chi connectivity index (χ0n) is 10.9. The van der Waals surface area contributed by atoms with Crippen LogP contribution in [0.25, 0.3) is 0 Å². The van der Waals surface area contributed by atoms with Crippen molar-refractivity contribution in [1.29, 1.82) is 0 Å². The molecule has 1 unspecified atom stereocenters. The molecule has 1 saturated carbocycles. The summed E-state index contributed by atoms with van der Waals surface area (Å²) in [6, 6.07) is 0.103. The van der Waals surface area contributed by atoms with E-state index in [1.54, 1.807) is 6.20 Å². The molecule has 5 heteroatoms. The molecule has 1 aliphatic rings. The second kappa shape index (κ2) is 6.00. The summed E-state index contributed by atoms with van der Waals surface area (Å²) in [5.74, 6) is 0.816. The maximum absolute atomic E-state index is 12.2. The number of nitrogens with one attached hydrogen (secondary N) is 1. The van der Waals surface area contributed by atoms with Crippen molar-refractivity contribution in [1.82, 2.24) is 14.9 Å². The fourth-order valence-electron chi connectivity index (χ4n) is 2.55. The van der Waals surface area contributed by atoms with Crippen LogP contribution < -0.4 is 11.1 Å². The molecule has 1 aliphatic carbocycles. The molecule has 0 aromatic carbocycles. The van der Waals surface area contributed by atoms with Crippen LogP contribution in [0.1, 0.15) is 50.9 Å². The molecule has 18 heavy (non-hydrogen) atoms. The van der Waals surface area contributed by atoms with E-state index in [0.717, 1.165) is 18.7 Å². The summed E-state index contributed by atoms with van der Waals surface area (Å²) in [4.78, 5) is 16.3. The molecule has 3 N–H and O–H groups in total. The van der Waals surface area contributed by atoms with Crippen LogP contribution in [0.2, 0.25) is 0 Å². The predicted octanol–water partition coefficient (Wildman–Crippen LogP) is 1.35. The highest BCUT2D eigenvalue weighted by Gasteiger charge is 2.21. The number of amides is 1. The summed E-state index contributed by atoms with van der Waals surface area (Å²) in [6.07, 6.45) is 9.44. The first-order chi connectivity index (χ1) is 8.72. The van der Waals surface area contributed by atoms with Gasteiger partial charge >= 0.3 is 0 Å². The number of rotatable bonds is 4. The van der Waals surface area contributed by atoms with Gasteiger partial charge in [-0.3, -0.25) is 4.79 Å². The van der Waals surface area contributed by atoms with Crippen LogP contribution in [0.5, 0.6) is 0 Å². The first kappa shape index (κ1) is 13.1. The molecule has 1 fully saturated rings. The number of aromatic nitrogens is 2. The topological polar surface area (TPSA) is 72.9 Å². The van der Waals surface area contributed by atoms with Gasteiger partial charge in [0.25, 0.3) is 0 Å². The van der Waals surface area contributed by atoms with Crippen molar-refractivity contribution in [2.75, 3.05) is 0 Å². The van der Waals surface area contributed by atoms with Crippen molar-refractivity contribution >= 4 is 5.91 Å². The number of carbonyl (C=O) groups excluding carboxylic acids is 1. The second-order valence-electron chi connectivity index (χ2n) is 4.97. The van der Waals surface area contributed by atoms with E-state index < -0.39 is 0 Å². The molecule has 0 aliphatic heterocycles. The summed E-state index contributed by atoms with van der Waals surface area (Å²) in [5.41, 5.74) is 5.60. The first-order valence-corrected chi connectivity index (χ1v) is 6.74. The Morgan fingerprint density at radius 2 is 2.28 bits per heavy atom. The van der Waals surface area contributed by atoms with Gasteiger partial charge in [0.05, 0.1) is 6.54 Å². The lowest BCUT2D eigenvalue weighted by Crippen LogP contribution is -2.40. The standard InChI is InChI=1S/C13H22N4O/c1-10(17-8-7-15-12(17)9-14)13(18)16-11-5-3-2-4-6-11/h7-8,10-11H,2-6,9,14H2,1H3,(H,16,18). The highest BCUT2D eigenvalue weighted by molar-refractivity contribution is 5.80. The zero-order valence-corrected chi connectivity index (χ0v) is 10.9. The van der Waals surface area contributed by atoms with E-state index >= 15 is 0 Å². The zero-order chi connectivity index (χ0) is 13.0. The minimum atomic E-state index is -0.243. The van der Waals surface area contributed by atoms with E-state index in [1.807, 2.05) is 17.7 Å². The van der Waals surface area contributed by atoms with Gasteiger partial charge in [0.15, 0.2) is 0 Å². The molecule has 100 valence electrons. The highest BCUT2D eigenvalue weighted by Crippen LogP contribution is 2.18. The van der Waals surface area contributed by atoms with Crippen molar-refractivity contribution < 1.29 is 4.79 Å². The Balaban J connectivity index is 1.95. The van der Waals surface area contributed by atoms with Gasteiger partial charge in [0.1, 0.15) is 11.9 Å². The molecule has 0 bridgehead atoms. The first-order valence-electron chi connectivity index (χ1n) is 6.74. The molecule has 0 saturated heterocycles. The molecule has 0 radical (unpaired) electrons. The summed E-state index contributed by atoms with van der Waals surface area (Å²) < 4.78 is 1.85. The van der Waals surface area contributed by atoms with Crippen LogP contribution in [-0.2, 0) is 11.3 Å². The van der Waals surface area contributed by atoms with Crippen molar-refractivity contribution in [2.24, 2.45) is 5.73 Å². The third-order valence-corrected chi connectivity index (χ3v) is 3.68. The minimum absolute atomic E-state index is 0.0644. The number of hydrogen-bond donors (Lipinski definition) is 2. The monoisotopic (exact) mass is 250 g/mol. The lowest BCUT2D eigenvalue weighted by Gasteiger charge is -2.25. The fourth-order valence-corrected chi connectivity index (χ4v) is 2.55. The Labute approximate surface area is 108 Å². The molecular weight excluding hydrogens is 228 g/mol. The predicted molar refractivity (Wildman–Crippen MR) is 69.8 cm³/mol. The van der Waals surface area contributed by atoms with Crippen LogP contribution in [0.3, 0.4) is 0 Å². The van der Waals surface area contributed by atoms with Crippen LogP contribution in [-0.4, -0.2) is 21.5 Å². The largest absolute Gasteiger partial charge is 0.352 e. The SMILES string of the molecule is CC(C(=O)NC1CCCCC1)n1ccnc1CN. The molecule has 1 heterocycles. The maximum atomic E-state index is 12.2. The molecule has 0 spiro atoms. The molecule has 2 rings (SSSR count). The van der Waals surface area contributed by atoms with Crippen LogP contribution in [0.4, 0.5) is 0 Å². The lowest BCUT2D eigenvalue weighted by atomic mass is 9.95. The Kier molecular flexibility index (Phi) is 4.36. The van der Waals surface area contributed by atoms with Crippen molar-refractivity contribution in [3.63, 3.8) is 0 Å². The quantitative estimate of drug-likeness (QED) is 0.847. The molecular formula is C13H22N4O. The molecule has 5 nitrogen and oxygen atoms in total. The number of carbonyl (C=O) groups is 1. The maximum Gasteiger partial charge on any atom is 0.243 e. The van der Waals surface area contributed by atoms with Gasteiger partial charge < -0.3 is 15.6 Å². The Hall–Kier alpha value is -1.36. The van der Waals surface area contributed by atoms with E-state index in [0.29, 0.717) is 12.6 Å². The third kappa shape index (κ3) is 2.90. The number of hydrogen-bond acceptors (Lipinski definition) is 3. The Bertz CT molecular complexity index is 395. The normalized spacial score (nSPS) is 18.6. The Morgan fingerprint density at radius 1 is 1.56 bits per heavy atom. The molecule has 1 amide bonds. The molecule has 1 aromatic rings. The number of nitrogens with zero attached hydrogens (tertiary/aromatic N) is 2. The third-order valence-electron chi connectivity index (χ3n) is 3.68. The summed E-state index contributed by atoms with van der Waals surface area (Å²) in [5, 5.41) is 3.13. The smallest absolute Gasteiger partial charge is 0.243 e.